The van der Waals surface area contributed by atoms with Crippen molar-refractivity contribution in [1.82, 2.24) is 10.2 Å². The number of aliphatic hydroxyl groups is 2. The average molecular weight is 903 g/mol. The maximum atomic E-state index is 15.3. The summed E-state index contributed by atoms with van der Waals surface area (Å²) < 4.78 is 47.6. The predicted molar refractivity (Wildman–Crippen MR) is 245 cm³/mol. The Kier molecular flexibility index (Phi) is 10.4. The van der Waals surface area contributed by atoms with Gasteiger partial charge in [-0.2, -0.15) is 13.2 Å². The van der Waals surface area contributed by atoms with E-state index in [-0.39, 0.29) is 70.3 Å². The van der Waals surface area contributed by atoms with Crippen LogP contribution in [0.3, 0.4) is 0 Å². The number of nitrogens with one attached hydrogen (secondary N) is 1. The fourth-order valence-electron chi connectivity index (χ4n) is 13.5. The summed E-state index contributed by atoms with van der Waals surface area (Å²) in [6.07, 6.45) is 5.51. The fraction of sp³-hybridized carbons (Fsp3) is 0.407. The first-order valence-corrected chi connectivity index (χ1v) is 23.2. The van der Waals surface area contributed by atoms with Crippen molar-refractivity contribution in [2.24, 2.45) is 33.5 Å². The Morgan fingerprint density at radius 1 is 0.877 bits per heavy atom. The molecule has 1 heterocycles. The number of rotatable bonds is 9. The maximum absolute atomic E-state index is 15.3. The summed E-state index contributed by atoms with van der Waals surface area (Å²) in [4.78, 5) is 31.7. The molecule has 5 aromatic rings. The summed E-state index contributed by atoms with van der Waals surface area (Å²) in [7, 11) is 0. The third-order valence-corrected chi connectivity index (χ3v) is 17.3. The number of benzene rings is 4. The highest BCUT2D eigenvalue weighted by atomic mass is 35.5. The highest BCUT2D eigenvalue weighted by Crippen LogP contribution is 2.78. The summed E-state index contributed by atoms with van der Waals surface area (Å²) in [6, 6.07) is 29.4. The van der Waals surface area contributed by atoms with E-state index < -0.39 is 39.7 Å². The van der Waals surface area contributed by atoms with E-state index >= 15 is 4.79 Å². The maximum Gasteiger partial charge on any atom is 0.416 e. The Labute approximate surface area is 382 Å². The molecular weight excluding hydrogens is 849 g/mol. The van der Waals surface area contributed by atoms with Crippen LogP contribution >= 0.6 is 11.6 Å². The topological polar surface area (TPSA) is 103 Å². The zero-order valence-electron chi connectivity index (χ0n) is 36.8. The van der Waals surface area contributed by atoms with Crippen LogP contribution in [-0.4, -0.2) is 45.2 Å². The first-order valence-electron chi connectivity index (χ1n) is 22.8. The minimum Gasteiger partial charge on any atom is -0.453 e. The molecule has 1 aromatic heterocycles. The second-order valence-electron chi connectivity index (χ2n) is 20.1. The van der Waals surface area contributed by atoms with E-state index in [1.807, 2.05) is 61.5 Å². The third kappa shape index (κ3) is 6.75. The number of halogens is 4. The van der Waals surface area contributed by atoms with Gasteiger partial charge in [0.05, 0.1) is 34.9 Å². The summed E-state index contributed by atoms with van der Waals surface area (Å²) in [5.74, 6) is -0.603. The molecule has 2 amide bonds. The second kappa shape index (κ2) is 15.5. The summed E-state index contributed by atoms with van der Waals surface area (Å²) in [5, 5.41) is 30.0. The Morgan fingerprint density at radius 2 is 1.58 bits per heavy atom. The third-order valence-electron chi connectivity index (χ3n) is 17.0. The van der Waals surface area contributed by atoms with Crippen molar-refractivity contribution in [3.05, 3.63) is 154 Å². The molecule has 338 valence electrons. The molecular formula is C54H54ClF3N2O5. The first-order chi connectivity index (χ1) is 30.9. The van der Waals surface area contributed by atoms with Crippen molar-refractivity contribution in [1.29, 1.82) is 0 Å². The number of carbonyl (C=O) groups excluding carboxylic acids is 2. The number of hydrogen-bond donors (Lipinski definition) is 3. The molecule has 3 fully saturated rings. The van der Waals surface area contributed by atoms with Gasteiger partial charge < -0.3 is 24.8 Å². The summed E-state index contributed by atoms with van der Waals surface area (Å²) in [5.41, 5.74) is -2.30. The van der Waals surface area contributed by atoms with E-state index in [2.05, 4.69) is 55.6 Å². The molecule has 0 aliphatic heterocycles. The number of aliphatic hydroxyl groups excluding tert-OH is 1. The molecule has 2 spiro atoms. The molecule has 9 atom stereocenters. The molecule has 11 rings (SSSR count). The van der Waals surface area contributed by atoms with Gasteiger partial charge in [-0.15, -0.1) is 0 Å². The Hall–Kier alpha value is -5.16. The lowest BCUT2D eigenvalue weighted by molar-refractivity contribution is -0.174. The van der Waals surface area contributed by atoms with Gasteiger partial charge in [0, 0.05) is 33.9 Å². The van der Waals surface area contributed by atoms with Crippen LogP contribution in [0.15, 0.2) is 131 Å². The van der Waals surface area contributed by atoms with Crippen LogP contribution in [0.25, 0.3) is 22.1 Å². The van der Waals surface area contributed by atoms with E-state index in [9.17, 15) is 28.2 Å². The van der Waals surface area contributed by atoms with Crippen LogP contribution in [0.4, 0.5) is 18.0 Å². The molecule has 2 bridgehead atoms. The molecule has 0 radical (unpaired) electrons. The molecule has 3 saturated carbocycles. The Morgan fingerprint density at radius 3 is 2.37 bits per heavy atom. The van der Waals surface area contributed by atoms with Crippen LogP contribution in [0.5, 0.6) is 0 Å². The second-order valence-corrected chi connectivity index (χ2v) is 20.5. The Bertz CT molecular complexity index is 2760. The van der Waals surface area contributed by atoms with E-state index in [1.165, 1.54) is 18.2 Å². The summed E-state index contributed by atoms with van der Waals surface area (Å²) in [6.45, 7) is 6.70. The van der Waals surface area contributed by atoms with Gasteiger partial charge in [-0.1, -0.05) is 116 Å². The number of ketones is 1. The van der Waals surface area contributed by atoms with Gasteiger partial charge in [-0.3, -0.25) is 4.79 Å². The van der Waals surface area contributed by atoms with Crippen molar-refractivity contribution in [2.45, 2.75) is 96.2 Å². The Balaban J connectivity index is 1.03. The first kappa shape index (κ1) is 43.7. The lowest BCUT2D eigenvalue weighted by atomic mass is 9.32. The number of fused-ring (bicyclic) bond motifs is 2. The normalized spacial score (nSPS) is 31.7. The van der Waals surface area contributed by atoms with Crippen LogP contribution in [0.1, 0.15) is 99.0 Å². The van der Waals surface area contributed by atoms with Gasteiger partial charge >= 0.3 is 12.2 Å². The van der Waals surface area contributed by atoms with Crippen molar-refractivity contribution in [2.75, 3.05) is 6.54 Å². The lowest BCUT2D eigenvalue weighted by Gasteiger charge is -2.71. The number of Topliss-reactive ketones (excluding diaryl/α,β-unsaturated/α-hetero) is 1. The van der Waals surface area contributed by atoms with E-state index in [0.717, 1.165) is 40.5 Å². The van der Waals surface area contributed by atoms with E-state index in [4.69, 9.17) is 16.0 Å². The SMILES string of the molecule is CC(NC(=O)N(Cc1cccc2ccccc12)CC1(O)CCC2C34C=CC5(C=C3C(=O)c3ccc(-c6cc(C(F)(F)F)ccc6Cl)o3)CC(O)CCC5(C)C4CCC21C)c1ccccc1. The molecule has 7 nitrogen and oxygen atoms in total. The average Bonchev–Trinajstić information content (AvgIpc) is 3.88. The van der Waals surface area contributed by atoms with E-state index in [1.54, 1.807) is 4.90 Å². The standard InChI is InChI=1S/C54H54ClF3N2O5/c1-33(34-10-5-4-6-11-34)59-48(63)60(31-36-14-9-13-35-12-7-8-15-39(35)36)32-52(64)25-22-46-50(52,3)24-21-45-49(2)23-20-38(61)29-51(49)26-27-53(45,46)41(30-51)47(62)44-19-18-43(65-44)40-28-37(54(56,57)58)16-17-42(40)55/h4-19,26-28,30,33,38,45-46,61,64H,20-25,29,31-32H2,1-3H3,(H,59,63). The van der Waals surface area contributed by atoms with Gasteiger partial charge in [0.1, 0.15) is 5.76 Å². The van der Waals surface area contributed by atoms with Gasteiger partial charge in [0.2, 0.25) is 5.78 Å². The number of alkyl halides is 3. The molecule has 6 aliphatic carbocycles. The molecule has 4 aromatic carbocycles. The number of carbonyl (C=O) groups is 2. The van der Waals surface area contributed by atoms with Crippen molar-refractivity contribution >= 4 is 34.2 Å². The fourth-order valence-corrected chi connectivity index (χ4v) is 13.7. The highest BCUT2D eigenvalue weighted by molar-refractivity contribution is 6.33. The zero-order chi connectivity index (χ0) is 45.7. The molecule has 0 saturated heterocycles. The number of hydrogen-bond acceptors (Lipinski definition) is 5. The van der Waals surface area contributed by atoms with Crippen molar-refractivity contribution in [3.8, 4) is 11.3 Å². The minimum absolute atomic E-state index is 0.0192. The number of furan rings is 1. The highest BCUT2D eigenvalue weighted by Gasteiger charge is 2.74. The van der Waals surface area contributed by atoms with Gasteiger partial charge in [0.15, 0.2) is 5.76 Å². The number of nitrogens with zero attached hydrogens (tertiary/aromatic N) is 1. The zero-order valence-corrected chi connectivity index (χ0v) is 37.6. The number of allylic oxidation sites excluding steroid dienone is 4. The number of urea groups is 1. The smallest absolute Gasteiger partial charge is 0.416 e. The van der Waals surface area contributed by atoms with Crippen LogP contribution < -0.4 is 5.32 Å². The molecule has 6 aliphatic rings. The molecule has 9 unspecified atom stereocenters. The lowest BCUT2D eigenvalue weighted by Crippen LogP contribution is -2.67. The van der Waals surface area contributed by atoms with Crippen molar-refractivity contribution < 1.29 is 37.4 Å². The molecule has 65 heavy (non-hydrogen) atoms. The van der Waals surface area contributed by atoms with E-state index in [0.29, 0.717) is 44.1 Å². The van der Waals surface area contributed by atoms with Crippen molar-refractivity contribution in [3.63, 3.8) is 0 Å². The summed E-state index contributed by atoms with van der Waals surface area (Å²) >= 11 is 6.44. The number of amides is 2. The predicted octanol–water partition coefficient (Wildman–Crippen LogP) is 12.5. The van der Waals surface area contributed by atoms with Crippen LogP contribution in [0, 0.1) is 33.5 Å². The molecule has 11 heteroatoms. The quantitative estimate of drug-likeness (QED) is 0.101. The van der Waals surface area contributed by atoms with Crippen LogP contribution in [0.2, 0.25) is 5.02 Å². The van der Waals surface area contributed by atoms with Crippen LogP contribution in [-0.2, 0) is 12.7 Å². The molecule has 3 N–H and O–H groups in total. The minimum atomic E-state index is -4.61. The van der Waals surface area contributed by atoms with Gasteiger partial charge in [0.25, 0.3) is 0 Å². The van der Waals surface area contributed by atoms with Gasteiger partial charge in [-0.05, 0) is 121 Å². The van der Waals surface area contributed by atoms with Gasteiger partial charge in [-0.25, -0.2) is 4.79 Å². The largest absolute Gasteiger partial charge is 0.453 e. The monoisotopic (exact) mass is 902 g/mol.